The van der Waals surface area contributed by atoms with Gasteiger partial charge in [-0.1, -0.05) is 0 Å². The number of nitrogens with zero attached hydrogens (tertiary/aromatic N) is 1. The van der Waals surface area contributed by atoms with Crippen LogP contribution in [0.3, 0.4) is 0 Å². The molecule has 0 bridgehead atoms. The molecule has 2 aliphatic heterocycles. The number of amides is 2. The lowest BCUT2D eigenvalue weighted by Crippen LogP contribution is -2.52. The zero-order valence-electron chi connectivity index (χ0n) is 9.31. The Balaban J connectivity index is 1.99. The lowest BCUT2D eigenvalue weighted by atomic mass is 10.0. The lowest BCUT2D eigenvalue weighted by molar-refractivity contribution is -0.143. The van der Waals surface area contributed by atoms with Crippen molar-refractivity contribution < 1.29 is 19.5 Å². The normalized spacial score (nSPS) is 32.6. The van der Waals surface area contributed by atoms with E-state index in [4.69, 9.17) is 10.8 Å². The third-order valence-corrected chi connectivity index (χ3v) is 3.33. The second kappa shape index (κ2) is 3.99. The molecule has 2 aliphatic rings. The van der Waals surface area contributed by atoms with Gasteiger partial charge < -0.3 is 21.1 Å². The third kappa shape index (κ3) is 2.10. The molecule has 2 unspecified atom stereocenters. The first kappa shape index (κ1) is 11.8. The molecular weight excluding hydrogens is 226 g/mol. The number of carbonyl (C=O) groups excluding carboxylic acids is 2. The number of carboxylic acid groups (broad SMARTS) is 1. The van der Waals surface area contributed by atoms with E-state index in [1.165, 1.54) is 4.90 Å². The highest BCUT2D eigenvalue weighted by atomic mass is 16.4. The Morgan fingerprint density at radius 1 is 1.53 bits per heavy atom. The van der Waals surface area contributed by atoms with Crippen molar-refractivity contribution in [1.82, 2.24) is 10.2 Å². The second-order valence-electron chi connectivity index (χ2n) is 4.63. The number of nitrogens with two attached hydrogens (primary N) is 1. The zero-order chi connectivity index (χ0) is 12.6. The molecule has 7 heteroatoms. The van der Waals surface area contributed by atoms with Gasteiger partial charge in [-0.15, -0.1) is 0 Å². The summed E-state index contributed by atoms with van der Waals surface area (Å²) >= 11 is 0. The summed E-state index contributed by atoms with van der Waals surface area (Å²) in [5.41, 5.74) is 4.33. The van der Waals surface area contributed by atoms with Gasteiger partial charge in [-0.2, -0.15) is 0 Å². The summed E-state index contributed by atoms with van der Waals surface area (Å²) in [4.78, 5) is 35.3. The number of carboxylic acids is 1. The fourth-order valence-corrected chi connectivity index (χ4v) is 2.22. The summed E-state index contributed by atoms with van der Waals surface area (Å²) in [5.74, 6) is -1.47. The SMILES string of the molecule is NC1(C(=O)O)CCN(C(=O)C2CCC(=O)N2)C1. The average molecular weight is 241 g/mol. The summed E-state index contributed by atoms with van der Waals surface area (Å²) in [7, 11) is 0. The van der Waals surface area contributed by atoms with Gasteiger partial charge in [-0.3, -0.25) is 14.4 Å². The van der Waals surface area contributed by atoms with E-state index in [1.54, 1.807) is 0 Å². The van der Waals surface area contributed by atoms with Gasteiger partial charge in [0, 0.05) is 19.5 Å². The van der Waals surface area contributed by atoms with Crippen LogP contribution < -0.4 is 11.1 Å². The van der Waals surface area contributed by atoms with Crippen molar-refractivity contribution in [2.75, 3.05) is 13.1 Å². The molecule has 4 N–H and O–H groups in total. The molecule has 7 nitrogen and oxygen atoms in total. The largest absolute Gasteiger partial charge is 0.480 e. The molecular formula is C10H15N3O4. The third-order valence-electron chi connectivity index (χ3n) is 3.33. The van der Waals surface area contributed by atoms with E-state index in [9.17, 15) is 14.4 Å². The smallest absolute Gasteiger partial charge is 0.325 e. The van der Waals surface area contributed by atoms with Gasteiger partial charge >= 0.3 is 5.97 Å². The first-order chi connectivity index (χ1) is 7.92. The van der Waals surface area contributed by atoms with Gasteiger partial charge in [0.15, 0.2) is 0 Å². The molecule has 0 aromatic heterocycles. The van der Waals surface area contributed by atoms with Gasteiger partial charge in [0.25, 0.3) is 0 Å². The van der Waals surface area contributed by atoms with Crippen molar-refractivity contribution in [2.24, 2.45) is 5.73 Å². The first-order valence-electron chi connectivity index (χ1n) is 5.53. The minimum atomic E-state index is -1.35. The number of likely N-dealkylation sites (tertiary alicyclic amines) is 1. The van der Waals surface area contributed by atoms with E-state index in [1.807, 2.05) is 0 Å². The van der Waals surface area contributed by atoms with Crippen molar-refractivity contribution in [1.29, 1.82) is 0 Å². The Kier molecular flexibility index (Phi) is 2.78. The van der Waals surface area contributed by atoms with Crippen molar-refractivity contribution >= 4 is 17.8 Å². The zero-order valence-corrected chi connectivity index (χ0v) is 9.31. The van der Waals surface area contributed by atoms with Crippen molar-refractivity contribution in [2.45, 2.75) is 30.8 Å². The van der Waals surface area contributed by atoms with Gasteiger partial charge in [-0.05, 0) is 12.8 Å². The number of aliphatic carboxylic acids is 1. The van der Waals surface area contributed by atoms with Crippen molar-refractivity contribution in [3.05, 3.63) is 0 Å². The van der Waals surface area contributed by atoms with Crippen LogP contribution in [-0.2, 0) is 14.4 Å². The van der Waals surface area contributed by atoms with Crippen LogP contribution in [0.5, 0.6) is 0 Å². The van der Waals surface area contributed by atoms with Crippen LogP contribution in [0.4, 0.5) is 0 Å². The Bertz CT molecular complexity index is 384. The fraction of sp³-hybridized carbons (Fsp3) is 0.700. The Hall–Kier alpha value is -1.63. The number of carbonyl (C=O) groups is 3. The van der Waals surface area contributed by atoms with E-state index in [0.29, 0.717) is 19.4 Å². The molecule has 2 saturated heterocycles. The summed E-state index contributed by atoms with van der Waals surface area (Å²) < 4.78 is 0. The molecule has 2 rings (SSSR count). The van der Waals surface area contributed by atoms with Gasteiger partial charge in [0.2, 0.25) is 11.8 Å². The molecule has 0 radical (unpaired) electrons. The molecule has 0 aliphatic carbocycles. The maximum atomic E-state index is 12.0. The number of hydrogen-bond acceptors (Lipinski definition) is 4. The molecule has 0 aromatic rings. The van der Waals surface area contributed by atoms with E-state index in [0.717, 1.165) is 0 Å². The number of nitrogens with one attached hydrogen (secondary N) is 1. The van der Waals surface area contributed by atoms with E-state index in [2.05, 4.69) is 5.32 Å². The van der Waals surface area contributed by atoms with Crippen molar-refractivity contribution in [3.63, 3.8) is 0 Å². The highest BCUT2D eigenvalue weighted by molar-refractivity contribution is 5.91. The Morgan fingerprint density at radius 3 is 2.71 bits per heavy atom. The van der Waals surface area contributed by atoms with E-state index < -0.39 is 17.6 Å². The molecule has 0 spiro atoms. The molecule has 2 amide bonds. The highest BCUT2D eigenvalue weighted by Gasteiger charge is 2.44. The predicted molar refractivity (Wildman–Crippen MR) is 56.9 cm³/mol. The maximum absolute atomic E-state index is 12.0. The van der Waals surface area contributed by atoms with Crippen LogP contribution in [0.15, 0.2) is 0 Å². The van der Waals surface area contributed by atoms with Crippen LogP contribution in [0.25, 0.3) is 0 Å². The topological polar surface area (TPSA) is 113 Å². The number of rotatable bonds is 2. The molecule has 2 fully saturated rings. The van der Waals surface area contributed by atoms with Gasteiger partial charge in [0.05, 0.1) is 0 Å². The van der Waals surface area contributed by atoms with Gasteiger partial charge in [0.1, 0.15) is 11.6 Å². The highest BCUT2D eigenvalue weighted by Crippen LogP contribution is 2.21. The lowest BCUT2D eigenvalue weighted by Gasteiger charge is -2.22. The second-order valence-corrected chi connectivity index (χ2v) is 4.63. The Morgan fingerprint density at radius 2 is 2.24 bits per heavy atom. The quantitative estimate of drug-likeness (QED) is 0.532. The molecule has 2 atom stereocenters. The monoisotopic (exact) mass is 241 g/mol. The van der Waals surface area contributed by atoms with Crippen LogP contribution in [0.2, 0.25) is 0 Å². The van der Waals surface area contributed by atoms with Crippen LogP contribution in [0, 0.1) is 0 Å². The molecule has 94 valence electrons. The van der Waals surface area contributed by atoms with E-state index >= 15 is 0 Å². The first-order valence-corrected chi connectivity index (χ1v) is 5.53. The summed E-state index contributed by atoms with van der Waals surface area (Å²) in [5, 5.41) is 11.5. The fourth-order valence-electron chi connectivity index (χ4n) is 2.22. The molecule has 0 aromatic carbocycles. The average Bonchev–Trinajstić information content (AvgIpc) is 2.85. The minimum Gasteiger partial charge on any atom is -0.480 e. The predicted octanol–water partition coefficient (Wildman–Crippen LogP) is -1.72. The summed E-state index contributed by atoms with van der Waals surface area (Å²) in [6, 6.07) is -0.515. The standard InChI is InChI=1S/C10H15N3O4/c11-10(9(16)17)3-4-13(5-10)8(15)6-1-2-7(14)12-6/h6H,1-5,11H2,(H,12,14)(H,16,17). The maximum Gasteiger partial charge on any atom is 0.325 e. The molecule has 2 heterocycles. The number of hydrogen-bond donors (Lipinski definition) is 3. The Labute approximate surface area is 97.9 Å². The minimum absolute atomic E-state index is 0.00748. The van der Waals surface area contributed by atoms with Crippen LogP contribution in [-0.4, -0.2) is 52.5 Å². The van der Waals surface area contributed by atoms with E-state index in [-0.39, 0.29) is 24.8 Å². The van der Waals surface area contributed by atoms with Crippen LogP contribution >= 0.6 is 0 Å². The van der Waals surface area contributed by atoms with Crippen LogP contribution in [0.1, 0.15) is 19.3 Å². The summed E-state index contributed by atoms with van der Waals surface area (Å²) in [6.07, 6.45) is 1.06. The van der Waals surface area contributed by atoms with Crippen molar-refractivity contribution in [3.8, 4) is 0 Å². The summed E-state index contributed by atoms with van der Waals surface area (Å²) in [6.45, 7) is 0.335. The molecule has 0 saturated carbocycles. The molecule has 17 heavy (non-hydrogen) atoms. The van der Waals surface area contributed by atoms with Gasteiger partial charge in [-0.25, -0.2) is 0 Å².